The second-order valence-corrected chi connectivity index (χ2v) is 8.16. The van der Waals surface area contributed by atoms with Gasteiger partial charge in [0.05, 0.1) is 16.6 Å². The van der Waals surface area contributed by atoms with Crippen molar-refractivity contribution in [3.63, 3.8) is 0 Å². The average molecular weight is 437 g/mol. The van der Waals surface area contributed by atoms with Crippen LogP contribution in [0.5, 0.6) is 0 Å². The SMILES string of the molecule is Cc1cc(NC(=O)c2cc(C3CC3)nc3onc(-c4ccccc4)c23)ccc1-n1cnnn1. The highest BCUT2D eigenvalue weighted by atomic mass is 16.5. The molecule has 1 saturated carbocycles. The monoisotopic (exact) mass is 437 g/mol. The van der Waals surface area contributed by atoms with Crippen LogP contribution in [0, 0.1) is 6.92 Å². The molecule has 2 aromatic carbocycles. The smallest absolute Gasteiger partial charge is 0.259 e. The van der Waals surface area contributed by atoms with E-state index in [9.17, 15) is 4.79 Å². The molecule has 0 saturated heterocycles. The van der Waals surface area contributed by atoms with Crippen molar-refractivity contribution in [3.8, 4) is 16.9 Å². The number of tetrazole rings is 1. The predicted molar refractivity (Wildman–Crippen MR) is 121 cm³/mol. The van der Waals surface area contributed by atoms with Crippen LogP contribution in [0.1, 0.15) is 40.4 Å². The van der Waals surface area contributed by atoms with E-state index in [0.717, 1.165) is 35.3 Å². The number of aryl methyl sites for hydroxylation is 1. The lowest BCUT2D eigenvalue weighted by atomic mass is 10.0. The third kappa shape index (κ3) is 3.53. The number of nitrogens with one attached hydrogen (secondary N) is 1. The van der Waals surface area contributed by atoms with Gasteiger partial charge in [0.25, 0.3) is 11.6 Å². The molecule has 9 nitrogen and oxygen atoms in total. The molecule has 3 heterocycles. The average Bonchev–Trinajstić information content (AvgIpc) is 3.37. The number of benzene rings is 2. The molecule has 1 amide bonds. The van der Waals surface area contributed by atoms with Gasteiger partial charge in [0, 0.05) is 22.9 Å². The standard InChI is InChI=1S/C24H19N7O2/c1-14-11-17(9-10-20(14)31-13-25-29-30-31)26-23(32)18-12-19(15-7-8-15)27-24-21(18)22(28-33-24)16-5-3-2-4-6-16/h2-6,9-13,15H,7-8H2,1H3,(H,26,32). The number of hydrogen-bond donors (Lipinski definition) is 1. The van der Waals surface area contributed by atoms with Crippen LogP contribution in [0.3, 0.4) is 0 Å². The van der Waals surface area contributed by atoms with Crippen molar-refractivity contribution in [2.45, 2.75) is 25.7 Å². The Balaban J connectivity index is 1.40. The van der Waals surface area contributed by atoms with E-state index in [2.05, 4.69) is 31.0 Å². The van der Waals surface area contributed by atoms with Gasteiger partial charge in [-0.2, -0.15) is 0 Å². The van der Waals surface area contributed by atoms with Crippen LogP contribution in [-0.2, 0) is 0 Å². The first-order valence-corrected chi connectivity index (χ1v) is 10.7. The van der Waals surface area contributed by atoms with Crippen LogP contribution in [0.2, 0.25) is 0 Å². The van der Waals surface area contributed by atoms with Crippen LogP contribution >= 0.6 is 0 Å². The number of anilines is 1. The summed E-state index contributed by atoms with van der Waals surface area (Å²) in [6.45, 7) is 1.94. The zero-order chi connectivity index (χ0) is 22.4. The van der Waals surface area contributed by atoms with Crippen molar-refractivity contribution in [1.29, 1.82) is 0 Å². The Morgan fingerprint density at radius 3 is 2.70 bits per heavy atom. The van der Waals surface area contributed by atoms with Gasteiger partial charge < -0.3 is 9.84 Å². The first kappa shape index (κ1) is 19.3. The lowest BCUT2D eigenvalue weighted by Gasteiger charge is -2.11. The molecular formula is C24H19N7O2. The van der Waals surface area contributed by atoms with E-state index < -0.39 is 0 Å². The van der Waals surface area contributed by atoms with Crippen LogP contribution in [0.25, 0.3) is 28.0 Å². The van der Waals surface area contributed by atoms with Crippen LogP contribution in [0.15, 0.2) is 65.4 Å². The molecule has 3 aromatic heterocycles. The summed E-state index contributed by atoms with van der Waals surface area (Å²) >= 11 is 0. The van der Waals surface area contributed by atoms with E-state index in [-0.39, 0.29) is 5.91 Å². The summed E-state index contributed by atoms with van der Waals surface area (Å²) in [6.07, 6.45) is 3.67. The van der Waals surface area contributed by atoms with E-state index in [4.69, 9.17) is 4.52 Å². The quantitative estimate of drug-likeness (QED) is 0.436. The van der Waals surface area contributed by atoms with Crippen LogP contribution in [-0.4, -0.2) is 36.3 Å². The zero-order valence-corrected chi connectivity index (χ0v) is 17.8. The Hall–Kier alpha value is -4.40. The molecule has 5 aromatic rings. The highest BCUT2D eigenvalue weighted by Crippen LogP contribution is 2.41. The molecule has 162 valence electrons. The van der Waals surface area contributed by atoms with Crippen LogP contribution < -0.4 is 5.32 Å². The Morgan fingerprint density at radius 1 is 1.12 bits per heavy atom. The lowest BCUT2D eigenvalue weighted by Crippen LogP contribution is -2.14. The summed E-state index contributed by atoms with van der Waals surface area (Å²) in [5.41, 5.74) is 5.67. The first-order valence-electron chi connectivity index (χ1n) is 10.7. The molecular weight excluding hydrogens is 418 g/mol. The fraction of sp³-hybridized carbons (Fsp3) is 0.167. The number of pyridine rings is 1. The second-order valence-electron chi connectivity index (χ2n) is 8.16. The summed E-state index contributed by atoms with van der Waals surface area (Å²) in [5, 5.41) is 19.2. The summed E-state index contributed by atoms with van der Waals surface area (Å²) in [5.74, 6) is 0.128. The largest absolute Gasteiger partial charge is 0.335 e. The highest BCUT2D eigenvalue weighted by Gasteiger charge is 2.29. The predicted octanol–water partition coefficient (Wildman–Crippen LogP) is 4.30. The lowest BCUT2D eigenvalue weighted by molar-refractivity contribution is 0.102. The molecule has 1 N–H and O–H groups in total. The number of hydrogen-bond acceptors (Lipinski definition) is 7. The Kier molecular flexibility index (Phi) is 4.46. The van der Waals surface area contributed by atoms with Crippen LogP contribution in [0.4, 0.5) is 5.69 Å². The van der Waals surface area contributed by atoms with Gasteiger partial charge in [-0.05, 0) is 60.0 Å². The maximum Gasteiger partial charge on any atom is 0.259 e. The molecule has 1 aliphatic rings. The molecule has 0 radical (unpaired) electrons. The number of carbonyl (C=O) groups excluding carboxylic acids is 1. The van der Waals surface area contributed by atoms with E-state index in [1.807, 2.05) is 61.5 Å². The van der Waals surface area contributed by atoms with Gasteiger partial charge in [0.15, 0.2) is 0 Å². The third-order valence-corrected chi connectivity index (χ3v) is 5.80. The second kappa shape index (κ2) is 7.63. The van der Waals surface area contributed by atoms with E-state index >= 15 is 0 Å². The fourth-order valence-electron chi connectivity index (χ4n) is 3.99. The molecule has 0 unspecified atom stereocenters. The summed E-state index contributed by atoms with van der Waals surface area (Å²) < 4.78 is 7.16. The minimum atomic E-state index is -0.237. The Labute approximate surface area is 188 Å². The first-order chi connectivity index (χ1) is 16.2. The molecule has 6 rings (SSSR count). The maximum atomic E-state index is 13.5. The molecule has 0 aliphatic heterocycles. The number of aromatic nitrogens is 6. The van der Waals surface area contributed by atoms with Crippen molar-refractivity contribution in [3.05, 3.63) is 77.7 Å². The number of nitrogens with zero attached hydrogens (tertiary/aromatic N) is 6. The van der Waals surface area contributed by atoms with Gasteiger partial charge in [0.1, 0.15) is 12.0 Å². The Morgan fingerprint density at radius 2 is 1.97 bits per heavy atom. The molecule has 33 heavy (non-hydrogen) atoms. The number of carbonyl (C=O) groups is 1. The van der Waals surface area contributed by atoms with Gasteiger partial charge >= 0.3 is 0 Å². The summed E-state index contributed by atoms with van der Waals surface area (Å²) in [7, 11) is 0. The van der Waals surface area contributed by atoms with Gasteiger partial charge in [0.2, 0.25) is 0 Å². The number of rotatable bonds is 5. The van der Waals surface area contributed by atoms with E-state index in [1.54, 1.807) is 4.68 Å². The van der Waals surface area contributed by atoms with Gasteiger partial charge in [-0.1, -0.05) is 35.5 Å². The molecule has 0 spiro atoms. The van der Waals surface area contributed by atoms with Gasteiger partial charge in [-0.15, -0.1) is 5.10 Å². The highest BCUT2D eigenvalue weighted by molar-refractivity contribution is 6.14. The molecule has 1 aliphatic carbocycles. The minimum absolute atomic E-state index is 0.237. The van der Waals surface area contributed by atoms with Gasteiger partial charge in [-0.25, -0.2) is 9.67 Å². The minimum Gasteiger partial charge on any atom is -0.335 e. The number of amides is 1. The van der Waals surface area contributed by atoms with Crippen molar-refractivity contribution in [2.24, 2.45) is 0 Å². The third-order valence-electron chi connectivity index (χ3n) is 5.80. The van der Waals surface area contributed by atoms with Crippen molar-refractivity contribution < 1.29 is 9.32 Å². The number of fused-ring (bicyclic) bond motifs is 1. The normalized spacial score (nSPS) is 13.4. The zero-order valence-electron chi connectivity index (χ0n) is 17.8. The van der Waals surface area contributed by atoms with E-state index in [0.29, 0.717) is 34.0 Å². The fourth-order valence-corrected chi connectivity index (χ4v) is 3.99. The van der Waals surface area contributed by atoms with Crippen molar-refractivity contribution in [2.75, 3.05) is 5.32 Å². The Bertz CT molecular complexity index is 1470. The van der Waals surface area contributed by atoms with Crippen molar-refractivity contribution in [1.82, 2.24) is 30.3 Å². The molecule has 1 fully saturated rings. The summed E-state index contributed by atoms with van der Waals surface area (Å²) in [4.78, 5) is 18.1. The van der Waals surface area contributed by atoms with E-state index in [1.165, 1.54) is 6.33 Å². The molecule has 0 bridgehead atoms. The molecule has 9 heteroatoms. The molecule has 0 atom stereocenters. The van der Waals surface area contributed by atoms with Crippen molar-refractivity contribution >= 4 is 22.7 Å². The topological polar surface area (TPSA) is 112 Å². The maximum absolute atomic E-state index is 13.5. The summed E-state index contributed by atoms with van der Waals surface area (Å²) in [6, 6.07) is 17.1. The van der Waals surface area contributed by atoms with Gasteiger partial charge in [-0.3, -0.25) is 4.79 Å².